The minimum Gasteiger partial charge on any atom is -0.294 e. The third-order valence-electron chi connectivity index (χ3n) is 0.933. The van der Waals surface area contributed by atoms with Crippen molar-refractivity contribution in [2.45, 2.75) is 13.1 Å². The minimum absolute atomic E-state index is 0.252. The van der Waals surface area contributed by atoms with Gasteiger partial charge in [-0.1, -0.05) is 0 Å². The molecule has 0 aromatic heterocycles. The van der Waals surface area contributed by atoms with Gasteiger partial charge in [0.2, 0.25) is 0 Å². The van der Waals surface area contributed by atoms with Crippen LogP contribution in [0, 0.1) is 0 Å². The zero-order valence-electron chi connectivity index (χ0n) is 4.90. The van der Waals surface area contributed by atoms with E-state index < -0.39 is 0 Å². The molecule has 0 aliphatic heterocycles. The summed E-state index contributed by atoms with van der Waals surface area (Å²) in [7, 11) is 3.92. The van der Waals surface area contributed by atoms with Crippen molar-refractivity contribution in [3.63, 3.8) is 0 Å². The Morgan fingerprint density at radius 1 is 1.57 bits per heavy atom. The SMILES string of the molecule is CC(NCl)N(C)C. The van der Waals surface area contributed by atoms with Gasteiger partial charge >= 0.3 is 0 Å². The van der Waals surface area contributed by atoms with Crippen LogP contribution in [0.3, 0.4) is 0 Å². The van der Waals surface area contributed by atoms with Gasteiger partial charge in [-0.2, -0.15) is 0 Å². The first-order chi connectivity index (χ1) is 3.18. The molecule has 0 saturated heterocycles. The highest BCUT2D eigenvalue weighted by Crippen LogP contribution is 1.84. The summed E-state index contributed by atoms with van der Waals surface area (Å²) < 4.78 is 0. The van der Waals surface area contributed by atoms with E-state index in [4.69, 9.17) is 11.8 Å². The summed E-state index contributed by atoms with van der Waals surface area (Å²) in [6.45, 7) is 1.98. The van der Waals surface area contributed by atoms with Crippen molar-refractivity contribution in [1.29, 1.82) is 0 Å². The highest BCUT2D eigenvalue weighted by Gasteiger charge is 1.97. The van der Waals surface area contributed by atoms with Crippen LogP contribution in [-0.2, 0) is 0 Å². The molecule has 0 heterocycles. The van der Waals surface area contributed by atoms with Crippen LogP contribution in [0.4, 0.5) is 0 Å². The van der Waals surface area contributed by atoms with E-state index in [1.54, 1.807) is 0 Å². The third-order valence-corrected chi connectivity index (χ3v) is 1.25. The van der Waals surface area contributed by atoms with Gasteiger partial charge in [-0.05, 0) is 32.8 Å². The number of hydrogen-bond acceptors (Lipinski definition) is 2. The largest absolute Gasteiger partial charge is 0.294 e. The molecule has 0 aromatic carbocycles. The summed E-state index contributed by atoms with van der Waals surface area (Å²) >= 11 is 5.26. The third kappa shape index (κ3) is 2.85. The summed E-state index contributed by atoms with van der Waals surface area (Å²) in [5, 5.41) is 0. The van der Waals surface area contributed by atoms with Crippen molar-refractivity contribution in [1.82, 2.24) is 9.74 Å². The van der Waals surface area contributed by atoms with Gasteiger partial charge in [0.25, 0.3) is 0 Å². The quantitative estimate of drug-likeness (QED) is 0.427. The molecule has 0 amide bonds. The topological polar surface area (TPSA) is 15.3 Å². The molecule has 0 aromatic rings. The number of halogens is 1. The van der Waals surface area contributed by atoms with E-state index in [1.807, 2.05) is 25.9 Å². The van der Waals surface area contributed by atoms with Crippen LogP contribution in [0.2, 0.25) is 0 Å². The molecule has 0 saturated carbocycles. The van der Waals surface area contributed by atoms with Gasteiger partial charge in [0.1, 0.15) is 0 Å². The van der Waals surface area contributed by atoms with E-state index in [2.05, 4.69) is 4.84 Å². The summed E-state index contributed by atoms with van der Waals surface area (Å²) in [5.74, 6) is 0. The Bertz CT molecular complexity index is 47.0. The van der Waals surface area contributed by atoms with Gasteiger partial charge < -0.3 is 0 Å². The molecule has 0 aliphatic carbocycles. The highest BCUT2D eigenvalue weighted by atomic mass is 35.5. The van der Waals surface area contributed by atoms with Crippen LogP contribution in [0.1, 0.15) is 6.92 Å². The molecule has 0 rings (SSSR count). The Hall–Kier alpha value is 0.210. The van der Waals surface area contributed by atoms with Crippen LogP contribution >= 0.6 is 11.8 Å². The van der Waals surface area contributed by atoms with Crippen LogP contribution < -0.4 is 4.84 Å². The van der Waals surface area contributed by atoms with E-state index in [-0.39, 0.29) is 6.17 Å². The van der Waals surface area contributed by atoms with Gasteiger partial charge in [0, 0.05) is 0 Å². The van der Waals surface area contributed by atoms with E-state index in [0.29, 0.717) is 0 Å². The molecule has 0 fully saturated rings. The maximum absolute atomic E-state index is 5.26. The van der Waals surface area contributed by atoms with Gasteiger partial charge in [-0.25, -0.2) is 4.84 Å². The van der Waals surface area contributed by atoms with E-state index >= 15 is 0 Å². The molecule has 0 radical (unpaired) electrons. The first-order valence-electron chi connectivity index (χ1n) is 2.21. The van der Waals surface area contributed by atoms with E-state index in [1.165, 1.54) is 0 Å². The van der Waals surface area contributed by atoms with Crippen molar-refractivity contribution in [2.24, 2.45) is 0 Å². The van der Waals surface area contributed by atoms with Crippen LogP contribution in [0.5, 0.6) is 0 Å². The Morgan fingerprint density at radius 3 is 2.00 bits per heavy atom. The molecular weight excluding hydrogens is 112 g/mol. The fraction of sp³-hybridized carbons (Fsp3) is 1.00. The molecule has 1 unspecified atom stereocenters. The second-order valence-corrected chi connectivity index (χ2v) is 1.97. The average Bonchev–Trinajstić information content (AvgIpc) is 1.65. The first kappa shape index (κ1) is 7.21. The maximum Gasteiger partial charge on any atom is 0.0705 e. The van der Waals surface area contributed by atoms with Gasteiger partial charge in [-0.15, -0.1) is 0 Å². The van der Waals surface area contributed by atoms with Crippen LogP contribution in [0.15, 0.2) is 0 Å². The second kappa shape index (κ2) is 3.24. The van der Waals surface area contributed by atoms with E-state index in [9.17, 15) is 0 Å². The Labute approximate surface area is 49.6 Å². The first-order valence-corrected chi connectivity index (χ1v) is 2.59. The zero-order valence-corrected chi connectivity index (χ0v) is 5.66. The van der Waals surface area contributed by atoms with Crippen molar-refractivity contribution < 1.29 is 0 Å². The molecule has 3 heteroatoms. The predicted octanol–water partition coefficient (Wildman–Crippen LogP) is 0.637. The molecule has 1 atom stereocenters. The van der Waals surface area contributed by atoms with E-state index in [0.717, 1.165) is 0 Å². The summed E-state index contributed by atoms with van der Waals surface area (Å²) in [5.41, 5.74) is 0. The number of nitrogens with zero attached hydrogens (tertiary/aromatic N) is 1. The predicted molar refractivity (Wildman–Crippen MR) is 32.1 cm³/mol. The van der Waals surface area contributed by atoms with Gasteiger partial charge in [0.05, 0.1) is 6.17 Å². The summed E-state index contributed by atoms with van der Waals surface area (Å²) in [6.07, 6.45) is 0.252. The number of rotatable bonds is 2. The fourth-order valence-corrected chi connectivity index (χ4v) is 0.293. The molecule has 7 heavy (non-hydrogen) atoms. The standard InChI is InChI=1S/C4H11ClN2/c1-4(6-5)7(2)3/h4,6H,1-3H3. The summed E-state index contributed by atoms with van der Waals surface area (Å²) in [6, 6.07) is 0. The van der Waals surface area contributed by atoms with Gasteiger partial charge in [0.15, 0.2) is 0 Å². The smallest absolute Gasteiger partial charge is 0.0705 e. The molecule has 0 aliphatic rings. The van der Waals surface area contributed by atoms with Crippen molar-refractivity contribution in [3.8, 4) is 0 Å². The van der Waals surface area contributed by atoms with Crippen LogP contribution in [0.25, 0.3) is 0 Å². The number of hydrogen-bond donors (Lipinski definition) is 1. The lowest BCUT2D eigenvalue weighted by Crippen LogP contribution is -2.33. The molecule has 1 N–H and O–H groups in total. The molecule has 0 spiro atoms. The monoisotopic (exact) mass is 122 g/mol. The average molecular weight is 123 g/mol. The fourth-order valence-electron chi connectivity index (χ4n) is 0.0976. The molecular formula is C4H11ClN2. The zero-order chi connectivity index (χ0) is 5.86. The van der Waals surface area contributed by atoms with Crippen molar-refractivity contribution in [2.75, 3.05) is 14.1 Å². The Morgan fingerprint density at radius 2 is 2.00 bits per heavy atom. The molecule has 44 valence electrons. The Balaban J connectivity index is 3.14. The lowest BCUT2D eigenvalue weighted by molar-refractivity contribution is 0.302. The van der Waals surface area contributed by atoms with Crippen molar-refractivity contribution in [3.05, 3.63) is 0 Å². The second-order valence-electron chi connectivity index (χ2n) is 1.75. The normalized spacial score (nSPS) is 15.0. The lowest BCUT2D eigenvalue weighted by Gasteiger charge is -2.16. The molecule has 0 bridgehead atoms. The maximum atomic E-state index is 5.26. The number of nitrogens with one attached hydrogen (secondary N) is 1. The lowest BCUT2D eigenvalue weighted by atomic mass is 10.6. The van der Waals surface area contributed by atoms with Crippen LogP contribution in [-0.4, -0.2) is 25.2 Å². The minimum atomic E-state index is 0.252. The van der Waals surface area contributed by atoms with Crippen molar-refractivity contribution >= 4 is 11.8 Å². The Kier molecular flexibility index (Phi) is 3.34. The summed E-state index contributed by atoms with van der Waals surface area (Å²) in [4.78, 5) is 4.54. The highest BCUT2D eigenvalue weighted by molar-refractivity contribution is 6.13. The van der Waals surface area contributed by atoms with Gasteiger partial charge in [-0.3, -0.25) is 4.90 Å². The molecule has 2 nitrogen and oxygen atoms in total.